The quantitative estimate of drug-likeness (QED) is 0.00814. The van der Waals surface area contributed by atoms with E-state index in [-0.39, 0.29) is 110 Å². The maximum atomic E-state index is 12.1. The van der Waals surface area contributed by atoms with Gasteiger partial charge in [-0.05, 0) is 67.8 Å². The topological polar surface area (TPSA) is 322 Å². The molecule has 5 N–H and O–H groups in total. The van der Waals surface area contributed by atoms with Crippen molar-refractivity contribution in [2.24, 2.45) is 11.8 Å². The third-order valence-corrected chi connectivity index (χ3v) is 25.3. The molecule has 7 rings (SSSR count). The normalized spacial score (nSPS) is 16.4. The first-order chi connectivity index (χ1) is 49.7. The average Bonchev–Trinajstić information content (AvgIpc) is 1.27. The summed E-state index contributed by atoms with van der Waals surface area (Å²) in [5.74, 6) is 5.87. The number of ether oxygens (including phenoxy) is 2. The minimum absolute atomic E-state index is 0. The second-order valence-corrected chi connectivity index (χ2v) is 50.1. The van der Waals surface area contributed by atoms with Gasteiger partial charge >= 0.3 is 48.1 Å². The molecule has 0 saturated carbocycles. The molecule has 2 fully saturated rings. The number of unbranched alkanes of at least 4 members (excludes halogenated alkanes) is 10. The van der Waals surface area contributed by atoms with Crippen LogP contribution in [0, 0.1) is 80.4 Å². The monoisotopic (exact) mass is 1650 g/mol. The maximum absolute atomic E-state index is 12.1. The first-order valence-electron chi connectivity index (χ1n) is 37.3. The van der Waals surface area contributed by atoms with Crippen LogP contribution in [-0.2, 0) is 48.3 Å². The summed E-state index contributed by atoms with van der Waals surface area (Å²) in [6.07, 6.45) is 24.1. The van der Waals surface area contributed by atoms with Crippen molar-refractivity contribution in [2.75, 3.05) is 0 Å². The third-order valence-electron chi connectivity index (χ3n) is 17.8. The Bertz CT molecular complexity index is 3890. The van der Waals surface area contributed by atoms with E-state index < -0.39 is 69.6 Å². The van der Waals surface area contributed by atoms with Gasteiger partial charge in [0.2, 0.25) is 0 Å². The molecule has 0 unspecified atom stereocenters. The van der Waals surface area contributed by atoms with E-state index in [1.807, 2.05) is 19.2 Å². The fraction of sp³-hybridized carbons (Fsp3) is 0.588. The largest absolute Gasteiger partial charge is 0.508 e. The van der Waals surface area contributed by atoms with Gasteiger partial charge in [0.15, 0.2) is 0 Å². The van der Waals surface area contributed by atoms with Gasteiger partial charge in [0.05, 0.1) is 27.0 Å². The van der Waals surface area contributed by atoms with Crippen LogP contribution < -0.4 is 22.5 Å². The molecule has 596 valence electrons. The first kappa shape index (κ1) is 98.5. The van der Waals surface area contributed by atoms with E-state index in [2.05, 4.69) is 162 Å². The van der Waals surface area contributed by atoms with Crippen molar-refractivity contribution in [3.8, 4) is 55.5 Å². The molecule has 0 spiro atoms. The smallest absolute Gasteiger partial charge is 0.270 e. The Hall–Kier alpha value is -7.48. The Kier molecular flexibility index (Phi) is 44.0. The number of rotatable bonds is 27. The van der Waals surface area contributed by atoms with E-state index in [0.717, 1.165) is 86.7 Å². The molecule has 2 aliphatic rings. The molecule has 2 aliphatic heterocycles. The van der Waals surface area contributed by atoms with Gasteiger partial charge < -0.3 is 24.8 Å². The van der Waals surface area contributed by atoms with Gasteiger partial charge in [-0.1, -0.05) is 211 Å². The predicted octanol–water partition coefficient (Wildman–Crippen LogP) is 18.3. The van der Waals surface area contributed by atoms with Crippen molar-refractivity contribution in [1.29, 1.82) is 0 Å². The Morgan fingerprint density at radius 3 is 1.06 bits per heavy atom. The zero-order valence-electron chi connectivity index (χ0n) is 65.7. The summed E-state index contributed by atoms with van der Waals surface area (Å²) in [5, 5.41) is 64.1. The SMILES string of the molecule is C.C.CCCCCCCC[Si](C)(C)C#C[Si](C)(C)CCCCCCCC.CC[C@H]1O[C@@H](n2cc([13C]#C[Si](C)(C)C)c(=O)[nH]c2=O)C[C@H]1C.CC[C@H]1O[C@@H](n2cc([13C]#[13C][Si](C)(C)C)c(=O)[nH]c2=O)C[C@H]1C.CC[C]#[Mo+].O=[N+]([O-])c1ccc(O)c(CN(Cc2cc([N+](=O)[O-])ccc2O)Cc2cc([N+](=O)[O-])ccc2O)c1. The fourth-order valence-corrected chi connectivity index (χ4v) is 17.9. The molecule has 4 heterocycles. The molecular formula is C80H125MoN8O15Si4+. The van der Waals surface area contributed by atoms with Gasteiger partial charge in [-0.3, -0.25) is 63.9 Å². The number of benzene rings is 3. The minimum atomic E-state index is -1.59. The second-order valence-electron chi connectivity index (χ2n) is 30.8. The summed E-state index contributed by atoms with van der Waals surface area (Å²) in [7, 11) is -5.72. The van der Waals surface area contributed by atoms with Crippen LogP contribution in [0.4, 0.5) is 17.1 Å². The van der Waals surface area contributed by atoms with Crippen molar-refractivity contribution in [3.05, 3.63) is 167 Å². The zero-order valence-corrected chi connectivity index (χ0v) is 71.7. The molecule has 3 aromatic carbocycles. The molecule has 108 heavy (non-hydrogen) atoms. The summed E-state index contributed by atoms with van der Waals surface area (Å²) < 4.78 is 17.8. The first-order valence-corrected chi connectivity index (χ1v) is 51.7. The molecule has 2 aromatic heterocycles. The average molecular weight is 1650 g/mol. The molecule has 0 aliphatic carbocycles. The zero-order chi connectivity index (χ0) is 79.7. The Labute approximate surface area is 656 Å². The van der Waals surface area contributed by atoms with Crippen LogP contribution >= 0.6 is 0 Å². The number of H-pyrrole nitrogens is 2. The molecule has 23 nitrogen and oxygen atoms in total. The van der Waals surface area contributed by atoms with E-state index in [0.29, 0.717) is 23.0 Å². The molecule has 2 saturated heterocycles. The maximum Gasteiger partial charge on any atom is 0.270 e. The van der Waals surface area contributed by atoms with Crippen LogP contribution in [0.15, 0.2) is 86.2 Å². The number of hydrogen-bond acceptors (Lipinski definition) is 16. The van der Waals surface area contributed by atoms with Gasteiger partial charge in [0, 0.05) is 85.1 Å². The summed E-state index contributed by atoms with van der Waals surface area (Å²) in [4.78, 5) is 85.6. The van der Waals surface area contributed by atoms with E-state index in [9.17, 15) is 64.8 Å². The van der Waals surface area contributed by atoms with Crippen LogP contribution in [0.1, 0.15) is 213 Å². The Morgan fingerprint density at radius 1 is 0.509 bits per heavy atom. The molecule has 0 amide bonds. The van der Waals surface area contributed by atoms with Crippen molar-refractivity contribution < 1.29 is 58.7 Å². The van der Waals surface area contributed by atoms with Gasteiger partial charge in [-0.2, -0.15) is 0 Å². The third kappa shape index (κ3) is 35.9. The molecular weight excluding hydrogens is 1520 g/mol. The standard InChI is InChI=1S/C22H46Si2.C21H18N4O9.2C16H24N2O3Si.C3H5.2CH4.Mo/c1-7-9-11-13-15-17-19-23(3,4)21-22-24(5,6)20-18-16-14-12-10-8-2;26-19-4-1-16(23(29)30)7-13(19)10-22(11-14-8-17(24(31)32)2-5-20(14)27)12-15-9-18(25(33)34)3-6-21(15)28;2*1-6-13-11(2)9-14(21-13)18-10-12(7-8-22(3,4)5)15(19)17-16(18)20;1-3-2;;;/h7-20H2,1-6H3;1-9,26-28H,10-12H2;2*10-11,13-14H,6,9H2,1-5H3,(H,17,19,20);3H2,1H3;2*1H4;/q;;;;;;;+1/t;;2*11-,13-,14-;;;;/m..11..../s1/i;;7+1,8+1;7+1;;;;. The number of nitrogens with zero attached hydrogens (tertiary/aromatic N) is 6. The predicted molar refractivity (Wildman–Crippen MR) is 443 cm³/mol. The van der Waals surface area contributed by atoms with E-state index in [4.69, 9.17) is 9.47 Å². The van der Waals surface area contributed by atoms with Crippen molar-refractivity contribution in [1.82, 2.24) is 24.0 Å². The summed E-state index contributed by atoms with van der Waals surface area (Å²) >= 11 is 1.87. The number of non-ortho nitro benzene ring substituents is 3. The number of phenolic OH excluding ortho intramolecular Hbond substituents is 3. The van der Waals surface area contributed by atoms with Gasteiger partial charge in [0.1, 0.15) is 73.1 Å². The number of phenols is 3. The number of aromatic amines is 2. The number of nitro benzene ring substituents is 3. The minimum Gasteiger partial charge on any atom is -0.508 e. The Balaban J connectivity index is 0.000000715. The number of aromatic hydroxyl groups is 3. The van der Waals surface area contributed by atoms with Crippen molar-refractivity contribution in [2.45, 2.75) is 294 Å². The van der Waals surface area contributed by atoms with Crippen LogP contribution in [0.3, 0.4) is 0 Å². The molecule has 5 aromatic rings. The van der Waals surface area contributed by atoms with E-state index in [1.165, 1.54) is 103 Å². The van der Waals surface area contributed by atoms with Crippen molar-refractivity contribution in [3.63, 3.8) is 0 Å². The van der Waals surface area contributed by atoms with Gasteiger partial charge in [-0.25, -0.2) is 9.59 Å². The van der Waals surface area contributed by atoms with E-state index in [1.54, 1.807) is 12.4 Å². The van der Waals surface area contributed by atoms with Crippen LogP contribution in [0.2, 0.25) is 77.6 Å². The number of nitrogens with one attached hydrogen (secondary N) is 2. The summed E-state index contributed by atoms with van der Waals surface area (Å²) in [6, 6.07) is 13.0. The van der Waals surface area contributed by atoms with Gasteiger partial charge in [-0.15, -0.1) is 22.2 Å². The number of hydrogen-bond donors (Lipinski definition) is 5. The molecule has 28 heteroatoms. The van der Waals surface area contributed by atoms with Crippen LogP contribution in [-0.4, -0.2) is 98.6 Å². The fourth-order valence-electron chi connectivity index (χ4n) is 11.6. The molecule has 0 radical (unpaired) electrons. The molecule has 6 atom stereocenters. The number of aromatic nitrogens is 4. The van der Waals surface area contributed by atoms with Gasteiger partial charge in [0.25, 0.3) is 28.2 Å². The molecule has 0 bridgehead atoms. The second kappa shape index (κ2) is 48.2. The summed E-state index contributed by atoms with van der Waals surface area (Å²) in [6.45, 7) is 37.2. The van der Waals surface area contributed by atoms with Crippen LogP contribution in [0.25, 0.3) is 0 Å². The van der Waals surface area contributed by atoms with Crippen molar-refractivity contribution >= 4 is 49.4 Å². The summed E-state index contributed by atoms with van der Waals surface area (Å²) in [5.41, 5.74) is 12.4. The number of nitro groups is 3. The van der Waals surface area contributed by atoms with Crippen LogP contribution in [0.5, 0.6) is 17.2 Å². The van der Waals surface area contributed by atoms with E-state index >= 15 is 0 Å². The Morgan fingerprint density at radius 2 is 0.806 bits per heavy atom.